The molecule has 27 heavy (non-hydrogen) atoms. The second kappa shape index (κ2) is 5.68. The lowest BCUT2D eigenvalue weighted by atomic mass is 9.84. The van der Waals surface area contributed by atoms with Gasteiger partial charge in [0.15, 0.2) is 23.0 Å². The Balaban J connectivity index is 1.29. The molecule has 4 aliphatic rings. The van der Waals surface area contributed by atoms with Gasteiger partial charge >= 0.3 is 0 Å². The van der Waals surface area contributed by atoms with Crippen molar-refractivity contribution in [3.8, 4) is 28.7 Å². The summed E-state index contributed by atoms with van der Waals surface area (Å²) in [5.41, 5.74) is 1.78. The number of rotatable bonds is 2. The lowest BCUT2D eigenvalue weighted by Gasteiger charge is -2.18. The van der Waals surface area contributed by atoms with Crippen LogP contribution in [0.1, 0.15) is 23.3 Å². The summed E-state index contributed by atoms with van der Waals surface area (Å²) >= 11 is 0. The van der Waals surface area contributed by atoms with Gasteiger partial charge < -0.3 is 33.5 Å². The molecule has 0 bridgehead atoms. The average molecular weight is 370 g/mol. The number of benzene rings is 2. The van der Waals surface area contributed by atoms with Crippen LogP contribution in [-0.2, 0) is 9.47 Å². The summed E-state index contributed by atoms with van der Waals surface area (Å²) in [7, 11) is 0. The zero-order valence-electron chi connectivity index (χ0n) is 14.4. The number of ether oxygens (including phenoxy) is 6. The highest BCUT2D eigenvalue weighted by molar-refractivity contribution is 5.57. The number of aromatic hydroxyl groups is 1. The monoisotopic (exact) mass is 370 g/mol. The molecule has 0 aromatic heterocycles. The molecule has 7 heteroatoms. The molecule has 2 fully saturated rings. The first kappa shape index (κ1) is 15.4. The first-order chi connectivity index (χ1) is 13.3. The average Bonchev–Trinajstić information content (AvgIpc) is 3.45. The largest absolute Gasteiger partial charge is 0.504 e. The van der Waals surface area contributed by atoms with Crippen LogP contribution < -0.4 is 18.9 Å². The topological polar surface area (TPSA) is 75.6 Å². The summed E-state index contributed by atoms with van der Waals surface area (Å²) in [4.78, 5) is 0. The summed E-state index contributed by atoms with van der Waals surface area (Å²) in [6, 6.07) is 9.60. The number of phenolic OH excluding ortho intramolecular Hbond substituents is 1. The second-order valence-electron chi connectivity index (χ2n) is 7.19. The highest BCUT2D eigenvalue weighted by atomic mass is 16.7. The van der Waals surface area contributed by atoms with Crippen LogP contribution >= 0.6 is 0 Å². The van der Waals surface area contributed by atoms with E-state index in [4.69, 9.17) is 28.4 Å². The van der Waals surface area contributed by atoms with Crippen LogP contribution in [0.15, 0.2) is 30.3 Å². The molecule has 6 rings (SSSR count). The molecule has 0 saturated carbocycles. The molecule has 2 aromatic rings. The number of hydrogen-bond donors (Lipinski definition) is 1. The molecule has 0 amide bonds. The third-order valence-electron chi connectivity index (χ3n) is 5.84. The minimum absolute atomic E-state index is 0.0642. The Morgan fingerprint density at radius 3 is 2.37 bits per heavy atom. The lowest BCUT2D eigenvalue weighted by molar-refractivity contribution is 0.0184. The van der Waals surface area contributed by atoms with Gasteiger partial charge in [-0.25, -0.2) is 0 Å². The molecule has 4 unspecified atom stereocenters. The molecule has 7 nitrogen and oxygen atoms in total. The van der Waals surface area contributed by atoms with Crippen molar-refractivity contribution in [3.63, 3.8) is 0 Å². The highest BCUT2D eigenvalue weighted by Gasteiger charge is 2.49. The predicted molar refractivity (Wildman–Crippen MR) is 91.2 cm³/mol. The maximum Gasteiger partial charge on any atom is 0.231 e. The minimum Gasteiger partial charge on any atom is -0.504 e. The fourth-order valence-electron chi connectivity index (χ4n) is 4.50. The zero-order valence-corrected chi connectivity index (χ0v) is 14.4. The Bertz CT molecular complexity index is 911. The molecule has 4 atom stereocenters. The standard InChI is InChI=1S/C20H18O7/c21-17-11(2-4-15-20(17)27-9-25-15)19-13-7-22-18(12(13)6-23-19)10-1-3-14-16(5-10)26-8-24-14/h1-5,12-13,18-19,21H,6-9H2. The fraction of sp³-hybridized carbons (Fsp3) is 0.400. The van der Waals surface area contributed by atoms with Crippen molar-refractivity contribution in [1.29, 1.82) is 0 Å². The van der Waals surface area contributed by atoms with Gasteiger partial charge in [-0.2, -0.15) is 0 Å². The molecule has 4 aliphatic heterocycles. The van der Waals surface area contributed by atoms with E-state index >= 15 is 0 Å². The molecule has 4 heterocycles. The van der Waals surface area contributed by atoms with Gasteiger partial charge in [0, 0.05) is 17.4 Å². The summed E-state index contributed by atoms with van der Waals surface area (Å²) in [6.45, 7) is 1.52. The molecule has 2 aromatic carbocycles. The predicted octanol–water partition coefficient (Wildman–Crippen LogP) is 2.92. The highest BCUT2D eigenvalue weighted by Crippen LogP contribution is 2.54. The number of hydrogen-bond acceptors (Lipinski definition) is 7. The van der Waals surface area contributed by atoms with Crippen LogP contribution in [0.3, 0.4) is 0 Å². The van der Waals surface area contributed by atoms with Crippen LogP contribution in [0.25, 0.3) is 0 Å². The van der Waals surface area contributed by atoms with E-state index in [-0.39, 0.29) is 43.4 Å². The van der Waals surface area contributed by atoms with Crippen molar-refractivity contribution < 1.29 is 33.5 Å². The third-order valence-corrected chi connectivity index (χ3v) is 5.84. The molecule has 2 saturated heterocycles. The SMILES string of the molecule is Oc1c(C2OCC3C(c4ccc5c(c4)OCO5)OCC23)ccc2c1OCO2. The van der Waals surface area contributed by atoms with Gasteiger partial charge in [0.1, 0.15) is 0 Å². The molecule has 0 aliphatic carbocycles. The maximum atomic E-state index is 10.6. The van der Waals surface area contributed by atoms with E-state index in [0.29, 0.717) is 24.7 Å². The Hall–Kier alpha value is -2.64. The van der Waals surface area contributed by atoms with Gasteiger partial charge in [-0.15, -0.1) is 0 Å². The molecule has 1 N–H and O–H groups in total. The summed E-state index contributed by atoms with van der Waals surface area (Å²) in [6.07, 6.45) is -0.297. The van der Waals surface area contributed by atoms with Gasteiger partial charge in [0.05, 0.1) is 25.4 Å². The summed E-state index contributed by atoms with van der Waals surface area (Å²) in [5.74, 6) is 2.94. The van der Waals surface area contributed by atoms with E-state index < -0.39 is 0 Å². The van der Waals surface area contributed by atoms with Crippen LogP contribution in [0.2, 0.25) is 0 Å². The van der Waals surface area contributed by atoms with Crippen molar-refractivity contribution in [3.05, 3.63) is 41.5 Å². The van der Waals surface area contributed by atoms with Gasteiger partial charge in [-0.3, -0.25) is 0 Å². The van der Waals surface area contributed by atoms with Gasteiger partial charge in [-0.1, -0.05) is 6.07 Å². The molecule has 0 spiro atoms. The zero-order chi connectivity index (χ0) is 18.0. The smallest absolute Gasteiger partial charge is 0.231 e. The van der Waals surface area contributed by atoms with E-state index in [2.05, 4.69) is 0 Å². The molecular formula is C20H18O7. The van der Waals surface area contributed by atoms with Gasteiger partial charge in [0.25, 0.3) is 0 Å². The van der Waals surface area contributed by atoms with Crippen molar-refractivity contribution in [2.45, 2.75) is 12.2 Å². The maximum absolute atomic E-state index is 10.6. The quantitative estimate of drug-likeness (QED) is 0.871. The van der Waals surface area contributed by atoms with Gasteiger partial charge in [0.2, 0.25) is 19.3 Å². The molecular weight excluding hydrogens is 352 g/mol. The van der Waals surface area contributed by atoms with Crippen molar-refractivity contribution >= 4 is 0 Å². The Kier molecular flexibility index (Phi) is 3.24. The Labute approximate surface area is 155 Å². The molecule has 140 valence electrons. The van der Waals surface area contributed by atoms with Crippen molar-refractivity contribution in [2.24, 2.45) is 11.8 Å². The van der Waals surface area contributed by atoms with Crippen LogP contribution in [0.4, 0.5) is 0 Å². The second-order valence-corrected chi connectivity index (χ2v) is 7.19. The van der Waals surface area contributed by atoms with E-state index in [1.54, 1.807) is 0 Å². The molecule has 0 radical (unpaired) electrons. The van der Waals surface area contributed by atoms with E-state index in [9.17, 15) is 5.11 Å². The minimum atomic E-state index is -0.233. The van der Waals surface area contributed by atoms with Crippen molar-refractivity contribution in [1.82, 2.24) is 0 Å². The van der Waals surface area contributed by atoms with Crippen LogP contribution in [-0.4, -0.2) is 31.9 Å². The van der Waals surface area contributed by atoms with Crippen LogP contribution in [0.5, 0.6) is 28.7 Å². The van der Waals surface area contributed by atoms with E-state index in [0.717, 1.165) is 22.6 Å². The number of phenols is 1. The normalized spacial score (nSPS) is 29.9. The van der Waals surface area contributed by atoms with Gasteiger partial charge in [-0.05, 0) is 29.8 Å². The summed E-state index contributed by atoms with van der Waals surface area (Å²) in [5, 5.41) is 10.6. The first-order valence-corrected chi connectivity index (χ1v) is 9.04. The van der Waals surface area contributed by atoms with Crippen molar-refractivity contribution in [2.75, 3.05) is 26.8 Å². The summed E-state index contributed by atoms with van der Waals surface area (Å²) < 4.78 is 33.8. The number of fused-ring (bicyclic) bond motifs is 3. The Morgan fingerprint density at radius 1 is 0.741 bits per heavy atom. The third kappa shape index (κ3) is 2.22. The van der Waals surface area contributed by atoms with Crippen LogP contribution in [0, 0.1) is 11.8 Å². The Morgan fingerprint density at radius 2 is 1.44 bits per heavy atom. The lowest BCUT2D eigenvalue weighted by Crippen LogP contribution is -2.14. The first-order valence-electron chi connectivity index (χ1n) is 9.04. The fourth-order valence-corrected chi connectivity index (χ4v) is 4.50. The van der Waals surface area contributed by atoms with E-state index in [1.807, 2.05) is 30.3 Å². The van der Waals surface area contributed by atoms with E-state index in [1.165, 1.54) is 0 Å².